The molecule has 0 bridgehead atoms. The van der Waals surface area contributed by atoms with E-state index in [2.05, 4.69) is 16.7 Å². The van der Waals surface area contributed by atoms with Crippen LogP contribution in [0.4, 0.5) is 5.69 Å². The van der Waals surface area contributed by atoms with Gasteiger partial charge in [-0.05, 0) is 55.2 Å². The number of aliphatic hydroxyl groups is 1. The quantitative estimate of drug-likeness (QED) is 0.535. The maximum Gasteiger partial charge on any atom is 0.254 e. The van der Waals surface area contributed by atoms with Crippen LogP contribution in [0, 0.1) is 11.3 Å². The van der Waals surface area contributed by atoms with Gasteiger partial charge in [-0.15, -0.1) is 0 Å². The average Bonchev–Trinajstić information content (AvgIpc) is 3.42. The number of nitriles is 1. The van der Waals surface area contributed by atoms with Gasteiger partial charge in [-0.3, -0.25) is 9.59 Å². The molecule has 1 saturated heterocycles. The van der Waals surface area contributed by atoms with E-state index in [9.17, 15) is 14.7 Å². The fraction of sp³-hybridized carbons (Fsp3) is 0.370. The maximum absolute atomic E-state index is 13.9. The fourth-order valence-electron chi connectivity index (χ4n) is 5.61. The summed E-state index contributed by atoms with van der Waals surface area (Å²) < 4.78 is 2.17. The van der Waals surface area contributed by atoms with Crippen molar-refractivity contribution in [3.63, 3.8) is 0 Å². The van der Waals surface area contributed by atoms with Crippen molar-refractivity contribution in [1.82, 2.24) is 9.47 Å². The molecule has 1 spiro atoms. The van der Waals surface area contributed by atoms with Gasteiger partial charge in [-0.2, -0.15) is 5.26 Å². The third-order valence-corrected chi connectivity index (χ3v) is 7.87. The zero-order valence-electron chi connectivity index (χ0n) is 19.2. The first-order chi connectivity index (χ1) is 16.9. The summed E-state index contributed by atoms with van der Waals surface area (Å²) >= 11 is 6.24. The summed E-state index contributed by atoms with van der Waals surface area (Å²) in [5, 5.41) is 20.9. The van der Waals surface area contributed by atoms with Crippen molar-refractivity contribution in [3.8, 4) is 6.07 Å². The van der Waals surface area contributed by atoms with Gasteiger partial charge in [0.2, 0.25) is 5.91 Å². The zero-order chi connectivity index (χ0) is 24.4. The van der Waals surface area contributed by atoms with Gasteiger partial charge >= 0.3 is 0 Å². The first-order valence-corrected chi connectivity index (χ1v) is 12.3. The lowest BCUT2D eigenvalue weighted by Crippen LogP contribution is -2.67. The van der Waals surface area contributed by atoms with E-state index < -0.39 is 11.0 Å². The molecule has 1 saturated carbocycles. The highest BCUT2D eigenvalue weighted by molar-refractivity contribution is 6.31. The Hall–Kier alpha value is -3.34. The van der Waals surface area contributed by atoms with E-state index in [1.165, 1.54) is 0 Å². The number of likely N-dealkylation sites (tertiary alicyclic amines) is 1. The Morgan fingerprint density at radius 2 is 1.91 bits per heavy atom. The average molecular weight is 489 g/mol. The monoisotopic (exact) mass is 488 g/mol. The molecule has 2 amide bonds. The number of aromatic nitrogens is 1. The molecule has 8 heteroatoms. The van der Waals surface area contributed by atoms with E-state index in [-0.39, 0.29) is 11.8 Å². The molecule has 0 radical (unpaired) electrons. The molecule has 2 fully saturated rings. The molecule has 3 aromatic rings. The molecule has 0 unspecified atom stereocenters. The predicted octanol–water partition coefficient (Wildman–Crippen LogP) is 3.75. The summed E-state index contributed by atoms with van der Waals surface area (Å²) in [5.41, 5.74) is 1.80. The van der Waals surface area contributed by atoms with Crippen LogP contribution in [0.5, 0.6) is 0 Å². The van der Waals surface area contributed by atoms with Crippen LogP contribution in [0.2, 0.25) is 5.02 Å². The van der Waals surface area contributed by atoms with Gasteiger partial charge in [0.25, 0.3) is 5.91 Å². The summed E-state index contributed by atoms with van der Waals surface area (Å²) in [7, 11) is 0. The lowest BCUT2D eigenvalue weighted by atomic mass is 9.74. The van der Waals surface area contributed by atoms with Crippen LogP contribution in [-0.4, -0.2) is 45.1 Å². The summed E-state index contributed by atoms with van der Waals surface area (Å²) in [6.45, 7) is 1.64. The van der Waals surface area contributed by atoms with Crippen molar-refractivity contribution in [1.29, 1.82) is 5.26 Å². The lowest BCUT2D eigenvalue weighted by molar-refractivity contribution is -0.153. The van der Waals surface area contributed by atoms with E-state index in [1.54, 1.807) is 4.90 Å². The Morgan fingerprint density at radius 3 is 2.66 bits per heavy atom. The van der Waals surface area contributed by atoms with E-state index in [0.717, 1.165) is 27.8 Å². The first-order valence-electron chi connectivity index (χ1n) is 11.9. The number of unbranched alkanes of at least 4 members (excludes halogenated alkanes) is 1. The highest BCUT2D eigenvalue weighted by Crippen LogP contribution is 2.50. The van der Waals surface area contributed by atoms with Crippen LogP contribution >= 0.6 is 11.6 Å². The number of anilines is 1. The first kappa shape index (κ1) is 22.1. The lowest BCUT2D eigenvalue weighted by Gasteiger charge is -2.47. The minimum absolute atomic E-state index is 0.0163. The summed E-state index contributed by atoms with van der Waals surface area (Å²) in [6.07, 6.45) is 2.15. The van der Waals surface area contributed by atoms with Crippen LogP contribution < -0.4 is 4.90 Å². The fourth-order valence-corrected chi connectivity index (χ4v) is 5.79. The molecule has 3 aliphatic rings. The zero-order valence-corrected chi connectivity index (χ0v) is 20.0. The Morgan fingerprint density at radius 1 is 1.14 bits per heavy atom. The topological polar surface area (TPSA) is 89.6 Å². The molecule has 0 atom stereocenters. The molecule has 35 heavy (non-hydrogen) atoms. The number of para-hydroxylation sites is 1. The second-order valence-electron chi connectivity index (χ2n) is 9.94. The highest BCUT2D eigenvalue weighted by Gasteiger charge is 2.62. The van der Waals surface area contributed by atoms with Gasteiger partial charge in [0, 0.05) is 53.4 Å². The molecular weight excluding hydrogens is 464 g/mol. The number of fused-ring (bicyclic) bond motifs is 3. The molecular formula is C27H25ClN4O3. The number of hydrogen-bond acceptors (Lipinski definition) is 4. The molecule has 1 aromatic heterocycles. The summed E-state index contributed by atoms with van der Waals surface area (Å²) in [5.74, 6) is -0.279. The van der Waals surface area contributed by atoms with Crippen molar-refractivity contribution in [2.45, 2.75) is 49.8 Å². The molecule has 6 rings (SSSR count). The second kappa shape index (κ2) is 7.84. The van der Waals surface area contributed by atoms with E-state index in [1.807, 2.05) is 47.4 Å². The number of rotatable bonds is 6. The van der Waals surface area contributed by atoms with Crippen LogP contribution in [0.3, 0.4) is 0 Å². The Bertz CT molecular complexity index is 1410. The van der Waals surface area contributed by atoms with Gasteiger partial charge in [0.15, 0.2) is 0 Å². The molecule has 1 N–H and O–H groups in total. The number of benzene rings is 2. The number of nitrogens with zero attached hydrogens (tertiary/aromatic N) is 4. The van der Waals surface area contributed by atoms with Gasteiger partial charge in [0.1, 0.15) is 11.0 Å². The van der Waals surface area contributed by atoms with Crippen LogP contribution in [-0.2, 0) is 28.1 Å². The summed E-state index contributed by atoms with van der Waals surface area (Å²) in [4.78, 5) is 30.0. The van der Waals surface area contributed by atoms with Gasteiger partial charge in [-0.1, -0.05) is 29.8 Å². The van der Waals surface area contributed by atoms with Crippen LogP contribution in [0.25, 0.3) is 10.9 Å². The number of halogens is 1. The van der Waals surface area contributed by atoms with Gasteiger partial charge in [-0.25, -0.2) is 0 Å². The van der Waals surface area contributed by atoms with Crippen LogP contribution in [0.1, 0.15) is 36.9 Å². The normalized spacial score (nSPS) is 19.1. The Balaban J connectivity index is 1.33. The van der Waals surface area contributed by atoms with E-state index in [4.69, 9.17) is 16.9 Å². The largest absolute Gasteiger partial charge is 0.380 e. The maximum atomic E-state index is 13.9. The van der Waals surface area contributed by atoms with Crippen molar-refractivity contribution < 1.29 is 14.7 Å². The third kappa shape index (κ3) is 3.35. The van der Waals surface area contributed by atoms with Gasteiger partial charge < -0.3 is 19.5 Å². The third-order valence-electron chi connectivity index (χ3n) is 7.64. The van der Waals surface area contributed by atoms with E-state index >= 15 is 0 Å². The summed E-state index contributed by atoms with van der Waals surface area (Å²) in [6, 6.07) is 17.8. The van der Waals surface area contributed by atoms with Crippen molar-refractivity contribution in [2.24, 2.45) is 0 Å². The number of carbonyl (C=O) groups is 2. The number of carbonyl (C=O) groups excluding carboxylic acids is 2. The number of hydrogen-bond donors (Lipinski definition) is 1. The Kier molecular flexibility index (Phi) is 4.96. The molecule has 1 aliphatic carbocycles. The Labute approximate surface area is 208 Å². The van der Waals surface area contributed by atoms with Crippen molar-refractivity contribution in [2.75, 3.05) is 18.0 Å². The standard InChI is InChI=1S/C27H25ClN4O3/c28-19-7-8-22-18(13-19)14-20(31(22)12-4-3-11-29)15-32-23-6-2-1-5-21(23)26(24(32)33)16-30(17-26)25(34)27(35)9-10-27/h1-2,5-8,13-14,35H,3-4,9-10,12,15-17H2. The van der Waals surface area contributed by atoms with Crippen molar-refractivity contribution in [3.05, 3.63) is 64.8 Å². The van der Waals surface area contributed by atoms with Gasteiger partial charge in [0.05, 0.1) is 12.6 Å². The molecule has 7 nitrogen and oxygen atoms in total. The predicted molar refractivity (Wildman–Crippen MR) is 132 cm³/mol. The SMILES string of the molecule is N#CCCCn1c(CN2C(=O)C3(CN(C(=O)C4(O)CC4)C3)c3ccccc32)cc2cc(Cl)ccc21. The van der Waals surface area contributed by atoms with Crippen molar-refractivity contribution >= 4 is 40.0 Å². The number of aryl methyl sites for hydroxylation is 1. The minimum Gasteiger partial charge on any atom is -0.380 e. The smallest absolute Gasteiger partial charge is 0.254 e. The second-order valence-corrected chi connectivity index (χ2v) is 10.4. The molecule has 3 heterocycles. The minimum atomic E-state index is -1.23. The highest BCUT2D eigenvalue weighted by atomic mass is 35.5. The number of amides is 2. The van der Waals surface area contributed by atoms with E-state index in [0.29, 0.717) is 56.9 Å². The van der Waals surface area contributed by atoms with Crippen LogP contribution in [0.15, 0.2) is 48.5 Å². The molecule has 2 aliphatic heterocycles. The molecule has 178 valence electrons. The molecule has 2 aromatic carbocycles.